The third-order valence-corrected chi connectivity index (χ3v) is 3.01. The molecular formula is C17H13FN2O. The summed E-state index contributed by atoms with van der Waals surface area (Å²) in [6.07, 6.45) is 7.19. The summed E-state index contributed by atoms with van der Waals surface area (Å²) >= 11 is 0. The number of pyridine rings is 1. The topological polar surface area (TPSA) is 38.9 Å². The maximum Gasteiger partial charge on any atom is 0.226 e. The highest BCUT2D eigenvalue weighted by molar-refractivity contribution is 5.62. The molecule has 0 amide bonds. The molecule has 1 aromatic carbocycles. The van der Waals surface area contributed by atoms with E-state index >= 15 is 0 Å². The molecule has 0 aliphatic carbocycles. The first kappa shape index (κ1) is 13.2. The fraction of sp³-hybridized carbons (Fsp3) is 0.0588. The van der Waals surface area contributed by atoms with Crippen molar-refractivity contribution in [1.29, 1.82) is 0 Å². The summed E-state index contributed by atoms with van der Waals surface area (Å²) < 4.78 is 18.4. The van der Waals surface area contributed by atoms with E-state index in [2.05, 4.69) is 9.97 Å². The Balaban J connectivity index is 1.89. The molecule has 104 valence electrons. The zero-order chi connectivity index (χ0) is 14.7. The van der Waals surface area contributed by atoms with Crippen molar-refractivity contribution < 1.29 is 8.81 Å². The highest BCUT2D eigenvalue weighted by atomic mass is 19.1. The summed E-state index contributed by atoms with van der Waals surface area (Å²) in [4.78, 5) is 8.73. The van der Waals surface area contributed by atoms with Crippen LogP contribution in [0.1, 0.15) is 12.6 Å². The van der Waals surface area contributed by atoms with Gasteiger partial charge in [-0.3, -0.25) is 4.98 Å². The largest absolute Gasteiger partial charge is 0.444 e. The lowest BCUT2D eigenvalue weighted by Crippen LogP contribution is -1.84. The molecule has 0 N–H and O–H groups in total. The standard InChI is InChI=1S/C17H13FN2O/c1-2-3-15-9-6-13(10-19-15)16-11-21-17(20-16)12-4-7-14(18)8-5-12/h2-11H,1H3. The van der Waals surface area contributed by atoms with Crippen molar-refractivity contribution in [3.05, 3.63) is 66.4 Å². The lowest BCUT2D eigenvalue weighted by atomic mass is 10.2. The lowest BCUT2D eigenvalue weighted by molar-refractivity contribution is 0.574. The zero-order valence-corrected chi connectivity index (χ0v) is 11.5. The number of hydrogen-bond donors (Lipinski definition) is 0. The Bertz CT molecular complexity index is 758. The van der Waals surface area contributed by atoms with Gasteiger partial charge in [0.2, 0.25) is 5.89 Å². The quantitative estimate of drug-likeness (QED) is 0.705. The van der Waals surface area contributed by atoms with Crippen LogP contribution in [-0.4, -0.2) is 9.97 Å². The minimum atomic E-state index is -0.283. The van der Waals surface area contributed by atoms with Crippen LogP contribution in [-0.2, 0) is 0 Å². The third-order valence-electron chi connectivity index (χ3n) is 3.01. The van der Waals surface area contributed by atoms with Crippen LogP contribution in [0.25, 0.3) is 28.8 Å². The highest BCUT2D eigenvalue weighted by Gasteiger charge is 2.08. The molecule has 0 spiro atoms. The van der Waals surface area contributed by atoms with E-state index in [-0.39, 0.29) is 5.82 Å². The van der Waals surface area contributed by atoms with Gasteiger partial charge < -0.3 is 4.42 Å². The van der Waals surface area contributed by atoms with Gasteiger partial charge in [-0.1, -0.05) is 6.08 Å². The first-order valence-corrected chi connectivity index (χ1v) is 6.57. The van der Waals surface area contributed by atoms with Crippen LogP contribution < -0.4 is 0 Å². The molecule has 0 saturated heterocycles. The predicted molar refractivity (Wildman–Crippen MR) is 79.8 cm³/mol. The van der Waals surface area contributed by atoms with Crippen LogP contribution in [0.15, 0.2) is 59.4 Å². The maximum absolute atomic E-state index is 12.9. The molecular weight excluding hydrogens is 267 g/mol. The number of rotatable bonds is 3. The number of hydrogen-bond acceptors (Lipinski definition) is 3. The van der Waals surface area contributed by atoms with Crippen molar-refractivity contribution >= 4 is 6.08 Å². The van der Waals surface area contributed by atoms with Crippen molar-refractivity contribution in [2.45, 2.75) is 6.92 Å². The van der Waals surface area contributed by atoms with E-state index in [0.717, 1.165) is 16.8 Å². The second-order valence-electron chi connectivity index (χ2n) is 4.52. The Hall–Kier alpha value is -2.75. The average Bonchev–Trinajstić information content (AvgIpc) is 2.99. The molecule has 0 aliphatic heterocycles. The fourth-order valence-corrected chi connectivity index (χ4v) is 1.96. The van der Waals surface area contributed by atoms with E-state index < -0.39 is 0 Å². The molecule has 4 heteroatoms. The summed E-state index contributed by atoms with van der Waals surface area (Å²) in [5, 5.41) is 0. The molecule has 0 bridgehead atoms. The smallest absolute Gasteiger partial charge is 0.226 e. The van der Waals surface area contributed by atoms with E-state index in [0.29, 0.717) is 11.6 Å². The predicted octanol–water partition coefficient (Wildman–Crippen LogP) is 4.58. The zero-order valence-electron chi connectivity index (χ0n) is 11.5. The Labute approximate surface area is 121 Å². The molecule has 2 aromatic heterocycles. The van der Waals surface area contributed by atoms with E-state index in [4.69, 9.17) is 4.42 Å². The first-order chi connectivity index (χ1) is 10.3. The van der Waals surface area contributed by atoms with E-state index in [1.165, 1.54) is 12.1 Å². The number of halogens is 1. The van der Waals surface area contributed by atoms with Gasteiger partial charge in [0.25, 0.3) is 0 Å². The molecule has 3 rings (SSSR count). The van der Waals surface area contributed by atoms with Crippen molar-refractivity contribution in [2.24, 2.45) is 0 Å². The average molecular weight is 280 g/mol. The number of allylic oxidation sites excluding steroid dienone is 1. The molecule has 3 nitrogen and oxygen atoms in total. The molecule has 3 aromatic rings. The summed E-state index contributed by atoms with van der Waals surface area (Å²) in [6.45, 7) is 1.95. The molecule has 0 atom stereocenters. The van der Waals surface area contributed by atoms with Crippen molar-refractivity contribution in [1.82, 2.24) is 9.97 Å². The van der Waals surface area contributed by atoms with Crippen LogP contribution in [0.3, 0.4) is 0 Å². The molecule has 0 radical (unpaired) electrons. The summed E-state index contributed by atoms with van der Waals surface area (Å²) in [6, 6.07) is 9.90. The molecule has 0 fully saturated rings. The molecule has 0 aliphatic rings. The number of oxazole rings is 1. The molecule has 0 unspecified atom stereocenters. The minimum absolute atomic E-state index is 0.283. The Morgan fingerprint density at radius 1 is 1.05 bits per heavy atom. The van der Waals surface area contributed by atoms with Gasteiger partial charge in [-0.2, -0.15) is 0 Å². The maximum atomic E-state index is 12.9. The molecule has 2 heterocycles. The first-order valence-electron chi connectivity index (χ1n) is 6.57. The van der Waals surface area contributed by atoms with Gasteiger partial charge in [0.05, 0.1) is 5.69 Å². The van der Waals surface area contributed by atoms with E-state index in [1.807, 2.05) is 31.2 Å². The van der Waals surface area contributed by atoms with Gasteiger partial charge >= 0.3 is 0 Å². The Morgan fingerprint density at radius 2 is 1.81 bits per heavy atom. The van der Waals surface area contributed by atoms with Crippen molar-refractivity contribution in [3.63, 3.8) is 0 Å². The third kappa shape index (κ3) is 2.89. The van der Waals surface area contributed by atoms with Gasteiger partial charge in [-0.25, -0.2) is 9.37 Å². The summed E-state index contributed by atoms with van der Waals surface area (Å²) in [5.41, 5.74) is 3.21. The monoisotopic (exact) mass is 280 g/mol. The number of nitrogens with zero attached hydrogens (tertiary/aromatic N) is 2. The van der Waals surface area contributed by atoms with Crippen LogP contribution >= 0.6 is 0 Å². The Kier molecular flexibility index (Phi) is 3.60. The molecule has 21 heavy (non-hydrogen) atoms. The lowest BCUT2D eigenvalue weighted by Gasteiger charge is -1.96. The van der Waals surface area contributed by atoms with Crippen molar-refractivity contribution in [3.8, 4) is 22.7 Å². The van der Waals surface area contributed by atoms with Gasteiger partial charge in [-0.15, -0.1) is 0 Å². The fourth-order valence-electron chi connectivity index (χ4n) is 1.96. The SMILES string of the molecule is CC=Cc1ccc(-c2coc(-c3ccc(F)cc3)n2)cn1. The minimum Gasteiger partial charge on any atom is -0.444 e. The van der Waals surface area contributed by atoms with E-state index in [1.54, 1.807) is 24.6 Å². The van der Waals surface area contributed by atoms with Gasteiger partial charge in [0, 0.05) is 17.3 Å². The summed E-state index contributed by atoms with van der Waals surface area (Å²) in [7, 11) is 0. The van der Waals surface area contributed by atoms with Gasteiger partial charge in [0.1, 0.15) is 17.8 Å². The second kappa shape index (κ2) is 5.71. The number of aromatic nitrogens is 2. The normalized spacial score (nSPS) is 11.1. The van der Waals surface area contributed by atoms with Crippen LogP contribution in [0.2, 0.25) is 0 Å². The molecule has 0 saturated carbocycles. The van der Waals surface area contributed by atoms with Crippen LogP contribution in [0, 0.1) is 5.82 Å². The second-order valence-corrected chi connectivity index (χ2v) is 4.52. The van der Waals surface area contributed by atoms with Gasteiger partial charge in [-0.05, 0) is 49.4 Å². The number of benzene rings is 1. The summed E-state index contributed by atoms with van der Waals surface area (Å²) in [5.74, 6) is 0.178. The van der Waals surface area contributed by atoms with Gasteiger partial charge in [0.15, 0.2) is 0 Å². The van der Waals surface area contributed by atoms with Crippen molar-refractivity contribution in [2.75, 3.05) is 0 Å². The van der Waals surface area contributed by atoms with Crippen LogP contribution in [0.5, 0.6) is 0 Å². The van der Waals surface area contributed by atoms with Crippen LogP contribution in [0.4, 0.5) is 4.39 Å². The Morgan fingerprint density at radius 3 is 2.48 bits per heavy atom. The highest BCUT2D eigenvalue weighted by Crippen LogP contribution is 2.24. The van der Waals surface area contributed by atoms with E-state index in [9.17, 15) is 4.39 Å².